The smallest absolute Gasteiger partial charge is 0.165 e. The minimum absolute atomic E-state index is 0.231. The van der Waals surface area contributed by atoms with Crippen molar-refractivity contribution in [3.63, 3.8) is 0 Å². The van der Waals surface area contributed by atoms with Crippen LogP contribution in [0.2, 0.25) is 0 Å². The van der Waals surface area contributed by atoms with Crippen molar-refractivity contribution >= 4 is 0 Å². The molecule has 0 saturated carbocycles. The Morgan fingerprint density at radius 1 is 1.32 bits per heavy atom. The Labute approximate surface area is 114 Å². The summed E-state index contributed by atoms with van der Waals surface area (Å²) in [6.07, 6.45) is 4.39. The lowest BCUT2D eigenvalue weighted by molar-refractivity contribution is 0.101. The molecule has 0 aliphatic carbocycles. The van der Waals surface area contributed by atoms with Crippen LogP contribution in [0, 0.1) is 5.82 Å². The minimum Gasteiger partial charge on any atom is -0.489 e. The fourth-order valence-corrected chi connectivity index (χ4v) is 2.66. The van der Waals surface area contributed by atoms with Crippen molar-refractivity contribution in [2.24, 2.45) is 0 Å². The number of hydrogen-bond acceptors (Lipinski definition) is 3. The lowest BCUT2D eigenvalue weighted by Gasteiger charge is -2.35. The third-order valence-electron chi connectivity index (χ3n) is 3.68. The van der Waals surface area contributed by atoms with Crippen LogP contribution >= 0.6 is 0 Å². The number of likely N-dealkylation sites (tertiary alicyclic amines) is 1. The summed E-state index contributed by atoms with van der Waals surface area (Å²) in [6.45, 7) is 2.56. The van der Waals surface area contributed by atoms with Gasteiger partial charge in [-0.2, -0.15) is 0 Å². The molecule has 1 aromatic rings. The molecule has 1 heterocycles. The summed E-state index contributed by atoms with van der Waals surface area (Å²) in [4.78, 5) is 2.35. The normalized spacial score (nSPS) is 20.4. The molecule has 1 fully saturated rings. The van der Waals surface area contributed by atoms with E-state index in [1.807, 2.05) is 0 Å². The molecule has 0 radical (unpaired) electrons. The SMILES string of the molecule is OCCC1CCCCN1CCOc1ccccc1F. The van der Waals surface area contributed by atoms with Gasteiger partial charge in [0.2, 0.25) is 0 Å². The number of aliphatic hydroxyl groups is 1. The highest BCUT2D eigenvalue weighted by molar-refractivity contribution is 5.23. The van der Waals surface area contributed by atoms with Gasteiger partial charge in [-0.3, -0.25) is 4.90 Å². The maximum absolute atomic E-state index is 13.4. The largest absolute Gasteiger partial charge is 0.489 e. The lowest BCUT2D eigenvalue weighted by atomic mass is 10.00. The Hall–Kier alpha value is -1.13. The molecule has 1 aliphatic heterocycles. The van der Waals surface area contributed by atoms with E-state index >= 15 is 0 Å². The summed E-state index contributed by atoms with van der Waals surface area (Å²) in [5, 5.41) is 9.07. The Balaban J connectivity index is 1.79. The summed E-state index contributed by atoms with van der Waals surface area (Å²) in [6, 6.07) is 6.93. The molecule has 19 heavy (non-hydrogen) atoms. The zero-order chi connectivity index (χ0) is 13.5. The lowest BCUT2D eigenvalue weighted by Crippen LogP contribution is -2.42. The van der Waals surface area contributed by atoms with E-state index in [1.165, 1.54) is 18.9 Å². The first-order valence-electron chi connectivity index (χ1n) is 7.03. The van der Waals surface area contributed by atoms with Gasteiger partial charge < -0.3 is 9.84 Å². The highest BCUT2D eigenvalue weighted by Crippen LogP contribution is 2.20. The first-order valence-corrected chi connectivity index (χ1v) is 7.03. The average molecular weight is 267 g/mol. The number of para-hydroxylation sites is 1. The maximum Gasteiger partial charge on any atom is 0.165 e. The fraction of sp³-hybridized carbons (Fsp3) is 0.600. The van der Waals surface area contributed by atoms with Gasteiger partial charge in [0, 0.05) is 19.2 Å². The highest BCUT2D eigenvalue weighted by atomic mass is 19.1. The number of aliphatic hydroxyl groups excluding tert-OH is 1. The molecule has 1 aliphatic rings. The van der Waals surface area contributed by atoms with Crippen molar-refractivity contribution in [3.8, 4) is 5.75 Å². The van der Waals surface area contributed by atoms with E-state index in [2.05, 4.69) is 4.90 Å². The van der Waals surface area contributed by atoms with Crippen LogP contribution in [-0.2, 0) is 0 Å². The van der Waals surface area contributed by atoms with Gasteiger partial charge >= 0.3 is 0 Å². The second kappa shape index (κ2) is 7.46. The molecule has 106 valence electrons. The zero-order valence-corrected chi connectivity index (χ0v) is 11.2. The summed E-state index contributed by atoms with van der Waals surface area (Å²) >= 11 is 0. The molecule has 1 unspecified atom stereocenters. The van der Waals surface area contributed by atoms with Gasteiger partial charge in [-0.25, -0.2) is 4.39 Å². The average Bonchev–Trinajstić information content (AvgIpc) is 2.43. The van der Waals surface area contributed by atoms with Crippen molar-refractivity contribution in [1.82, 2.24) is 4.90 Å². The predicted molar refractivity (Wildman–Crippen MR) is 72.8 cm³/mol. The quantitative estimate of drug-likeness (QED) is 0.859. The molecule has 0 aromatic heterocycles. The van der Waals surface area contributed by atoms with Gasteiger partial charge in [-0.05, 0) is 37.9 Å². The number of halogens is 1. The number of benzene rings is 1. The van der Waals surface area contributed by atoms with E-state index in [4.69, 9.17) is 9.84 Å². The summed E-state index contributed by atoms with van der Waals surface area (Å²) < 4.78 is 18.9. The molecule has 1 atom stereocenters. The Kier molecular flexibility index (Phi) is 5.61. The Bertz CT molecular complexity index is 384. The molecule has 1 saturated heterocycles. The summed E-state index contributed by atoms with van der Waals surface area (Å²) in [7, 11) is 0. The van der Waals surface area contributed by atoms with Crippen molar-refractivity contribution in [1.29, 1.82) is 0 Å². The molecule has 4 heteroatoms. The van der Waals surface area contributed by atoms with E-state index in [9.17, 15) is 4.39 Å². The van der Waals surface area contributed by atoms with Gasteiger partial charge in [-0.15, -0.1) is 0 Å². The topological polar surface area (TPSA) is 32.7 Å². The van der Waals surface area contributed by atoms with Crippen molar-refractivity contribution in [3.05, 3.63) is 30.1 Å². The number of hydrogen-bond donors (Lipinski definition) is 1. The standard InChI is InChI=1S/C15H22FNO2/c16-14-6-1-2-7-15(14)19-12-10-17-9-4-3-5-13(17)8-11-18/h1-2,6-7,13,18H,3-5,8-12H2. The second-order valence-corrected chi connectivity index (χ2v) is 4.98. The van der Waals surface area contributed by atoms with Crippen LogP contribution in [0.15, 0.2) is 24.3 Å². The van der Waals surface area contributed by atoms with E-state index in [-0.39, 0.29) is 12.4 Å². The molecule has 0 bridgehead atoms. The molecule has 0 amide bonds. The minimum atomic E-state index is -0.312. The number of ether oxygens (including phenoxy) is 1. The molecule has 1 aromatic carbocycles. The second-order valence-electron chi connectivity index (χ2n) is 4.98. The first-order chi connectivity index (χ1) is 9.31. The van der Waals surface area contributed by atoms with Gasteiger partial charge in [0.1, 0.15) is 6.61 Å². The Morgan fingerprint density at radius 2 is 2.16 bits per heavy atom. The number of piperidine rings is 1. The van der Waals surface area contributed by atoms with E-state index < -0.39 is 0 Å². The molecule has 3 nitrogen and oxygen atoms in total. The monoisotopic (exact) mass is 267 g/mol. The van der Waals surface area contributed by atoms with Crippen LogP contribution in [0.1, 0.15) is 25.7 Å². The van der Waals surface area contributed by atoms with E-state index in [0.717, 1.165) is 25.9 Å². The summed E-state index contributed by atoms with van der Waals surface area (Å²) in [5.41, 5.74) is 0. The van der Waals surface area contributed by atoms with Crippen LogP contribution in [-0.4, -0.2) is 42.4 Å². The molecular formula is C15H22FNO2. The summed E-state index contributed by atoms with van der Waals surface area (Å²) in [5.74, 6) is 0.00581. The van der Waals surface area contributed by atoms with Crippen LogP contribution in [0.25, 0.3) is 0 Å². The van der Waals surface area contributed by atoms with Gasteiger partial charge in [0.25, 0.3) is 0 Å². The zero-order valence-electron chi connectivity index (χ0n) is 11.2. The van der Waals surface area contributed by atoms with Crippen LogP contribution in [0.5, 0.6) is 5.75 Å². The van der Waals surface area contributed by atoms with Crippen LogP contribution < -0.4 is 4.74 Å². The maximum atomic E-state index is 13.4. The van der Waals surface area contributed by atoms with E-state index in [1.54, 1.807) is 18.2 Å². The van der Waals surface area contributed by atoms with Crippen molar-refractivity contribution in [2.45, 2.75) is 31.7 Å². The van der Waals surface area contributed by atoms with Crippen LogP contribution in [0.4, 0.5) is 4.39 Å². The number of rotatable bonds is 6. The third-order valence-corrected chi connectivity index (χ3v) is 3.68. The highest BCUT2D eigenvalue weighted by Gasteiger charge is 2.21. The molecule has 1 N–H and O–H groups in total. The van der Waals surface area contributed by atoms with Gasteiger partial charge in [-0.1, -0.05) is 18.6 Å². The van der Waals surface area contributed by atoms with Crippen molar-refractivity contribution < 1.29 is 14.2 Å². The molecular weight excluding hydrogens is 245 g/mol. The third kappa shape index (κ3) is 4.18. The van der Waals surface area contributed by atoms with Gasteiger partial charge in [0.05, 0.1) is 0 Å². The Morgan fingerprint density at radius 3 is 2.95 bits per heavy atom. The van der Waals surface area contributed by atoms with Crippen LogP contribution in [0.3, 0.4) is 0 Å². The number of nitrogens with zero attached hydrogens (tertiary/aromatic N) is 1. The van der Waals surface area contributed by atoms with Gasteiger partial charge in [0.15, 0.2) is 11.6 Å². The first kappa shape index (κ1) is 14.3. The predicted octanol–water partition coefficient (Wildman–Crippen LogP) is 2.44. The molecule has 2 rings (SSSR count). The fourth-order valence-electron chi connectivity index (χ4n) is 2.66. The van der Waals surface area contributed by atoms with Crippen molar-refractivity contribution in [2.75, 3.05) is 26.3 Å². The van der Waals surface area contributed by atoms with E-state index in [0.29, 0.717) is 18.4 Å². The molecule has 0 spiro atoms.